The van der Waals surface area contributed by atoms with Gasteiger partial charge in [0.15, 0.2) is 9.84 Å². The highest BCUT2D eigenvalue weighted by Gasteiger charge is 2.46. The van der Waals surface area contributed by atoms with Crippen LogP contribution in [0.1, 0.15) is 31.7 Å². The number of fused-ring (bicyclic) bond motifs is 1. The van der Waals surface area contributed by atoms with Crippen LogP contribution in [0.2, 0.25) is 0 Å². The van der Waals surface area contributed by atoms with Gasteiger partial charge in [-0.05, 0) is 18.9 Å². The molecule has 1 aromatic carbocycles. The lowest BCUT2D eigenvalue weighted by atomic mass is 10.1. The zero-order valence-electron chi connectivity index (χ0n) is 15.4. The molecule has 3 aliphatic heterocycles. The van der Waals surface area contributed by atoms with Gasteiger partial charge in [0, 0.05) is 12.1 Å². The smallest absolute Gasteiger partial charge is 0.267 e. The predicted molar refractivity (Wildman–Crippen MR) is 115 cm³/mol. The third kappa shape index (κ3) is 3.19. The van der Waals surface area contributed by atoms with E-state index in [0.717, 1.165) is 35.9 Å². The van der Waals surface area contributed by atoms with E-state index >= 15 is 0 Å². The number of thioether (sulfide) groups is 1. The summed E-state index contributed by atoms with van der Waals surface area (Å²) < 4.78 is 24.0. The van der Waals surface area contributed by atoms with E-state index in [1.807, 2.05) is 24.3 Å². The van der Waals surface area contributed by atoms with Crippen LogP contribution in [0.15, 0.2) is 29.2 Å². The maximum Gasteiger partial charge on any atom is 0.267 e. The molecule has 4 rings (SSSR count). The van der Waals surface area contributed by atoms with Gasteiger partial charge < -0.3 is 4.90 Å². The fourth-order valence-electron chi connectivity index (χ4n) is 3.86. The molecule has 28 heavy (non-hydrogen) atoms. The van der Waals surface area contributed by atoms with Crippen LogP contribution in [0.25, 0.3) is 5.57 Å². The van der Waals surface area contributed by atoms with Crippen LogP contribution < -0.4 is 4.90 Å². The van der Waals surface area contributed by atoms with Crippen molar-refractivity contribution >= 4 is 61.2 Å². The summed E-state index contributed by atoms with van der Waals surface area (Å²) in [5, 5.41) is 0. The second-order valence-corrected chi connectivity index (χ2v) is 11.0. The van der Waals surface area contributed by atoms with E-state index in [9.17, 15) is 18.0 Å². The lowest BCUT2D eigenvalue weighted by Gasteiger charge is -2.21. The zero-order valence-corrected chi connectivity index (χ0v) is 17.8. The van der Waals surface area contributed by atoms with Gasteiger partial charge in [-0.25, -0.2) is 8.42 Å². The predicted octanol–water partition coefficient (Wildman–Crippen LogP) is 2.59. The third-order valence-electron chi connectivity index (χ3n) is 5.26. The summed E-state index contributed by atoms with van der Waals surface area (Å²) in [4.78, 5) is 29.8. The minimum absolute atomic E-state index is 0.0627. The molecule has 1 aromatic rings. The van der Waals surface area contributed by atoms with Crippen molar-refractivity contribution in [3.05, 3.63) is 34.7 Å². The maximum atomic E-state index is 13.2. The van der Waals surface area contributed by atoms with Gasteiger partial charge in [0.25, 0.3) is 11.8 Å². The zero-order chi connectivity index (χ0) is 20.1. The number of para-hydroxylation sites is 1. The molecule has 0 spiro atoms. The molecular weight excluding hydrogens is 416 g/mol. The minimum Gasteiger partial charge on any atom is -0.308 e. The van der Waals surface area contributed by atoms with E-state index in [4.69, 9.17) is 12.2 Å². The number of carbonyl (C=O) groups excluding carboxylic acids is 2. The van der Waals surface area contributed by atoms with Gasteiger partial charge in [0.05, 0.1) is 33.7 Å². The Bertz CT molecular complexity index is 1020. The van der Waals surface area contributed by atoms with E-state index in [-0.39, 0.29) is 23.3 Å². The van der Waals surface area contributed by atoms with Gasteiger partial charge in [-0.1, -0.05) is 55.5 Å². The summed E-state index contributed by atoms with van der Waals surface area (Å²) in [7, 11) is -3.15. The molecule has 9 heteroatoms. The van der Waals surface area contributed by atoms with Crippen molar-refractivity contribution < 1.29 is 18.0 Å². The first-order valence-corrected chi connectivity index (χ1v) is 12.3. The highest BCUT2D eigenvalue weighted by Crippen LogP contribution is 2.45. The number of amides is 2. The van der Waals surface area contributed by atoms with Crippen LogP contribution in [0, 0.1) is 0 Å². The summed E-state index contributed by atoms with van der Waals surface area (Å²) >= 11 is 6.50. The molecule has 0 bridgehead atoms. The number of carbonyl (C=O) groups is 2. The SMILES string of the molecule is CCCCN1C(=O)/C(=C2\SC(=S)N([C@H]3CCS(=O)(=O)C3)C2=O)c2ccccc21. The van der Waals surface area contributed by atoms with E-state index in [2.05, 4.69) is 6.92 Å². The summed E-state index contributed by atoms with van der Waals surface area (Å²) in [5.74, 6) is -0.552. The number of rotatable bonds is 4. The van der Waals surface area contributed by atoms with Gasteiger partial charge in [-0.3, -0.25) is 14.5 Å². The van der Waals surface area contributed by atoms with Gasteiger partial charge in [0.2, 0.25) is 0 Å². The second-order valence-electron chi connectivity index (χ2n) is 7.13. The van der Waals surface area contributed by atoms with Crippen molar-refractivity contribution in [2.75, 3.05) is 23.0 Å². The van der Waals surface area contributed by atoms with Gasteiger partial charge in [-0.15, -0.1) is 0 Å². The largest absolute Gasteiger partial charge is 0.308 e. The quantitative estimate of drug-likeness (QED) is 0.534. The van der Waals surface area contributed by atoms with Crippen molar-refractivity contribution in [2.24, 2.45) is 0 Å². The Morgan fingerprint density at radius 1 is 1.21 bits per heavy atom. The molecule has 2 fully saturated rings. The van der Waals surface area contributed by atoms with Gasteiger partial charge >= 0.3 is 0 Å². The van der Waals surface area contributed by atoms with E-state index < -0.39 is 15.9 Å². The Kier molecular flexibility index (Phi) is 5.09. The average molecular weight is 437 g/mol. The topological polar surface area (TPSA) is 74.8 Å². The molecule has 1 atom stereocenters. The Balaban J connectivity index is 1.74. The molecule has 0 radical (unpaired) electrons. The molecule has 2 saturated heterocycles. The molecule has 148 valence electrons. The van der Waals surface area contributed by atoms with Crippen LogP contribution in [0.4, 0.5) is 5.69 Å². The van der Waals surface area contributed by atoms with E-state index in [1.54, 1.807) is 4.90 Å². The first-order valence-electron chi connectivity index (χ1n) is 9.25. The maximum absolute atomic E-state index is 13.2. The molecule has 6 nitrogen and oxygen atoms in total. The standard InChI is InChI=1S/C19H20N2O4S3/c1-2-3-9-20-14-7-5-4-6-13(14)15(17(20)22)16-18(23)21(19(26)27-16)12-8-10-28(24,25)11-12/h4-7,12H,2-3,8-11H2,1H3/b16-15-/t12-/m0/s1. The number of thiocarbonyl (C=S) groups is 1. The van der Waals surface area contributed by atoms with Crippen LogP contribution in [0.3, 0.4) is 0 Å². The Hall–Kier alpha value is -1.71. The molecule has 3 heterocycles. The number of unbranched alkanes of at least 4 members (excludes halogenated alkanes) is 1. The molecule has 0 aliphatic carbocycles. The normalized spacial score (nSPS) is 26.5. The highest BCUT2D eigenvalue weighted by atomic mass is 32.2. The molecule has 0 aromatic heterocycles. The summed E-state index contributed by atoms with van der Waals surface area (Å²) in [5.41, 5.74) is 1.93. The third-order valence-corrected chi connectivity index (χ3v) is 8.41. The summed E-state index contributed by atoms with van der Waals surface area (Å²) in [6.45, 7) is 2.66. The molecule has 0 unspecified atom stereocenters. The van der Waals surface area contributed by atoms with Crippen molar-refractivity contribution in [3.63, 3.8) is 0 Å². The van der Waals surface area contributed by atoms with Crippen LogP contribution in [0.5, 0.6) is 0 Å². The van der Waals surface area contributed by atoms with E-state index in [1.165, 1.54) is 4.90 Å². The molecule has 2 amide bonds. The Labute approximate surface area is 173 Å². The lowest BCUT2D eigenvalue weighted by Crippen LogP contribution is -2.39. The molecular formula is C19H20N2O4S3. The first-order chi connectivity index (χ1) is 13.3. The van der Waals surface area contributed by atoms with Gasteiger partial charge in [0.1, 0.15) is 4.32 Å². The monoisotopic (exact) mass is 436 g/mol. The van der Waals surface area contributed by atoms with Gasteiger partial charge in [-0.2, -0.15) is 0 Å². The Morgan fingerprint density at radius 3 is 2.64 bits per heavy atom. The minimum atomic E-state index is -3.15. The fourth-order valence-corrected chi connectivity index (χ4v) is 7.03. The number of sulfone groups is 1. The van der Waals surface area contributed by atoms with Crippen molar-refractivity contribution in [1.29, 1.82) is 0 Å². The van der Waals surface area contributed by atoms with Crippen LogP contribution in [-0.2, 0) is 19.4 Å². The van der Waals surface area contributed by atoms with Crippen molar-refractivity contribution in [1.82, 2.24) is 4.90 Å². The number of benzene rings is 1. The average Bonchev–Trinajstić information content (AvgIpc) is 3.24. The number of anilines is 1. The van der Waals surface area contributed by atoms with Crippen LogP contribution >= 0.6 is 24.0 Å². The van der Waals surface area contributed by atoms with Crippen LogP contribution in [-0.4, -0.2) is 53.5 Å². The summed E-state index contributed by atoms with van der Waals surface area (Å²) in [6.07, 6.45) is 2.21. The lowest BCUT2D eigenvalue weighted by molar-refractivity contribution is -0.123. The number of hydrogen-bond donors (Lipinski definition) is 0. The fraction of sp³-hybridized carbons (Fsp3) is 0.421. The first kappa shape index (κ1) is 19.6. The second kappa shape index (κ2) is 7.27. The van der Waals surface area contributed by atoms with E-state index in [0.29, 0.717) is 27.8 Å². The van der Waals surface area contributed by atoms with Crippen molar-refractivity contribution in [2.45, 2.75) is 32.2 Å². The molecule has 0 saturated carbocycles. The molecule has 0 N–H and O–H groups in total. The van der Waals surface area contributed by atoms with Crippen molar-refractivity contribution in [3.8, 4) is 0 Å². The Morgan fingerprint density at radius 2 is 1.96 bits per heavy atom. The highest BCUT2D eigenvalue weighted by molar-refractivity contribution is 8.26. The summed E-state index contributed by atoms with van der Waals surface area (Å²) in [6, 6.07) is 7.02. The number of hydrogen-bond acceptors (Lipinski definition) is 6. The number of nitrogens with zero attached hydrogens (tertiary/aromatic N) is 2. The molecule has 3 aliphatic rings.